The van der Waals surface area contributed by atoms with Crippen LogP contribution >= 0.6 is 0 Å². The highest BCUT2D eigenvalue weighted by molar-refractivity contribution is 5.52. The zero-order chi connectivity index (χ0) is 9.80. The number of carbonyl (C=O) groups excluding carboxylic acids is 1. The summed E-state index contributed by atoms with van der Waals surface area (Å²) in [6.07, 6.45) is 7.09. The molecule has 0 bridgehead atoms. The molecule has 3 nitrogen and oxygen atoms in total. The van der Waals surface area contributed by atoms with Gasteiger partial charge in [0.1, 0.15) is 6.29 Å². The first-order chi connectivity index (χ1) is 6.90. The maximum absolute atomic E-state index is 10.3. The van der Waals surface area contributed by atoms with Crippen LogP contribution in [0.15, 0.2) is 11.8 Å². The second-order valence-corrected chi connectivity index (χ2v) is 4.07. The molecule has 0 N–H and O–H groups in total. The maximum atomic E-state index is 10.3. The predicted octanol–water partition coefficient (Wildman–Crippen LogP) is 0.871. The van der Waals surface area contributed by atoms with Crippen molar-refractivity contribution in [1.82, 2.24) is 9.80 Å². The molecule has 0 aromatic rings. The molecule has 0 aromatic carbocycles. The molecule has 78 valence electrons. The number of aldehydes is 1. The summed E-state index contributed by atoms with van der Waals surface area (Å²) in [6.45, 7) is 5.05. The normalized spacial score (nSPS) is 23.7. The van der Waals surface area contributed by atoms with Crippen LogP contribution in [-0.2, 0) is 4.79 Å². The highest BCUT2D eigenvalue weighted by atomic mass is 16.1. The largest absolute Gasteiger partial charge is 0.375 e. The molecule has 0 radical (unpaired) electrons. The fourth-order valence-corrected chi connectivity index (χ4v) is 2.26. The van der Waals surface area contributed by atoms with Crippen molar-refractivity contribution in [3.63, 3.8) is 0 Å². The van der Waals surface area contributed by atoms with E-state index in [9.17, 15) is 4.79 Å². The summed E-state index contributed by atoms with van der Waals surface area (Å²) in [5, 5.41) is 0. The van der Waals surface area contributed by atoms with E-state index in [1.807, 2.05) is 0 Å². The summed E-state index contributed by atoms with van der Waals surface area (Å²) in [4.78, 5) is 15.0. The number of hydrogen-bond donors (Lipinski definition) is 0. The fourth-order valence-electron chi connectivity index (χ4n) is 2.26. The van der Waals surface area contributed by atoms with Crippen LogP contribution in [0.25, 0.3) is 0 Å². The molecule has 0 atom stereocenters. The first kappa shape index (κ1) is 9.71. The van der Waals surface area contributed by atoms with E-state index in [-0.39, 0.29) is 0 Å². The quantitative estimate of drug-likeness (QED) is 0.623. The molecule has 2 aliphatic rings. The van der Waals surface area contributed by atoms with Crippen LogP contribution in [0.2, 0.25) is 0 Å². The summed E-state index contributed by atoms with van der Waals surface area (Å²) in [5.41, 5.74) is 1.50. The Bertz CT molecular complexity index is 231. The van der Waals surface area contributed by atoms with Crippen molar-refractivity contribution in [1.29, 1.82) is 0 Å². The van der Waals surface area contributed by atoms with E-state index >= 15 is 0 Å². The molecule has 0 unspecified atom stereocenters. The van der Waals surface area contributed by atoms with E-state index in [0.29, 0.717) is 6.54 Å². The predicted molar refractivity (Wildman–Crippen MR) is 56.0 cm³/mol. The van der Waals surface area contributed by atoms with Crippen LogP contribution in [-0.4, -0.2) is 48.8 Å². The van der Waals surface area contributed by atoms with Crippen molar-refractivity contribution in [3.8, 4) is 0 Å². The second kappa shape index (κ2) is 4.60. The van der Waals surface area contributed by atoms with Gasteiger partial charge in [0.2, 0.25) is 0 Å². The molecular formula is C11H18N2O. The van der Waals surface area contributed by atoms with Crippen molar-refractivity contribution in [2.45, 2.75) is 19.3 Å². The lowest BCUT2D eigenvalue weighted by Gasteiger charge is -2.29. The Morgan fingerprint density at radius 2 is 2.07 bits per heavy atom. The summed E-state index contributed by atoms with van der Waals surface area (Å²) < 4.78 is 0. The number of nitrogens with zero attached hydrogens (tertiary/aromatic N) is 2. The van der Waals surface area contributed by atoms with Gasteiger partial charge in [0.25, 0.3) is 0 Å². The van der Waals surface area contributed by atoms with Crippen LogP contribution in [0.5, 0.6) is 0 Å². The van der Waals surface area contributed by atoms with Crippen LogP contribution in [0.4, 0.5) is 0 Å². The van der Waals surface area contributed by atoms with E-state index in [1.165, 1.54) is 31.6 Å². The Balaban J connectivity index is 1.87. The number of hydrogen-bond acceptors (Lipinski definition) is 3. The minimum absolute atomic E-state index is 0.587. The van der Waals surface area contributed by atoms with E-state index in [1.54, 1.807) is 0 Å². The zero-order valence-electron chi connectivity index (χ0n) is 8.61. The topological polar surface area (TPSA) is 23.6 Å². The zero-order valence-corrected chi connectivity index (χ0v) is 8.61. The molecule has 2 rings (SSSR count). The van der Waals surface area contributed by atoms with Gasteiger partial charge in [-0.25, -0.2) is 0 Å². The molecule has 0 amide bonds. The lowest BCUT2D eigenvalue weighted by atomic mass is 10.2. The molecule has 0 saturated carbocycles. The SMILES string of the molecule is O=CCN1CC=C(N2CCCC2)CC1. The molecule has 0 spiro atoms. The minimum Gasteiger partial charge on any atom is -0.375 e. The van der Waals surface area contributed by atoms with Gasteiger partial charge in [-0.1, -0.05) is 6.08 Å². The Labute approximate surface area is 85.4 Å². The van der Waals surface area contributed by atoms with Gasteiger partial charge in [0, 0.05) is 31.9 Å². The van der Waals surface area contributed by atoms with Gasteiger partial charge < -0.3 is 9.69 Å². The Kier molecular flexibility index (Phi) is 3.19. The minimum atomic E-state index is 0.587. The third kappa shape index (κ3) is 2.15. The van der Waals surface area contributed by atoms with Crippen LogP contribution in [0, 0.1) is 0 Å². The van der Waals surface area contributed by atoms with Crippen LogP contribution in [0.1, 0.15) is 19.3 Å². The maximum Gasteiger partial charge on any atom is 0.133 e. The molecule has 2 aliphatic heterocycles. The average molecular weight is 194 g/mol. The Hall–Kier alpha value is -0.830. The number of rotatable bonds is 3. The lowest BCUT2D eigenvalue weighted by molar-refractivity contribution is -0.108. The summed E-state index contributed by atoms with van der Waals surface area (Å²) >= 11 is 0. The Morgan fingerprint density at radius 3 is 2.64 bits per heavy atom. The summed E-state index contributed by atoms with van der Waals surface area (Å²) in [6, 6.07) is 0. The smallest absolute Gasteiger partial charge is 0.133 e. The molecule has 0 aliphatic carbocycles. The molecular weight excluding hydrogens is 176 g/mol. The van der Waals surface area contributed by atoms with Gasteiger partial charge in [0.05, 0.1) is 6.54 Å². The summed E-state index contributed by atoms with van der Waals surface area (Å²) in [5.74, 6) is 0. The van der Waals surface area contributed by atoms with E-state index in [0.717, 1.165) is 25.8 Å². The standard InChI is InChI=1S/C11H18N2O/c14-10-9-12-7-3-11(4-8-12)13-5-1-2-6-13/h3,10H,1-2,4-9H2. The van der Waals surface area contributed by atoms with Gasteiger partial charge in [0.15, 0.2) is 0 Å². The van der Waals surface area contributed by atoms with Crippen molar-refractivity contribution in [2.75, 3.05) is 32.7 Å². The molecule has 1 saturated heterocycles. The third-order valence-corrected chi connectivity index (χ3v) is 3.11. The second-order valence-electron chi connectivity index (χ2n) is 4.07. The molecule has 2 heterocycles. The Morgan fingerprint density at radius 1 is 1.29 bits per heavy atom. The van der Waals surface area contributed by atoms with Gasteiger partial charge in [-0.15, -0.1) is 0 Å². The van der Waals surface area contributed by atoms with Crippen LogP contribution in [0.3, 0.4) is 0 Å². The average Bonchev–Trinajstić information content (AvgIpc) is 2.72. The van der Waals surface area contributed by atoms with E-state index in [4.69, 9.17) is 0 Å². The fraction of sp³-hybridized carbons (Fsp3) is 0.727. The first-order valence-electron chi connectivity index (χ1n) is 5.50. The van der Waals surface area contributed by atoms with Gasteiger partial charge >= 0.3 is 0 Å². The van der Waals surface area contributed by atoms with E-state index in [2.05, 4.69) is 15.9 Å². The lowest BCUT2D eigenvalue weighted by Crippen LogP contribution is -2.34. The molecule has 14 heavy (non-hydrogen) atoms. The number of likely N-dealkylation sites (tertiary alicyclic amines) is 1. The highest BCUT2D eigenvalue weighted by Gasteiger charge is 2.18. The molecule has 3 heteroatoms. The molecule has 0 aromatic heterocycles. The van der Waals surface area contributed by atoms with Gasteiger partial charge in [-0.3, -0.25) is 4.90 Å². The van der Waals surface area contributed by atoms with Gasteiger partial charge in [-0.2, -0.15) is 0 Å². The van der Waals surface area contributed by atoms with Crippen molar-refractivity contribution in [3.05, 3.63) is 11.8 Å². The summed E-state index contributed by atoms with van der Waals surface area (Å²) in [7, 11) is 0. The van der Waals surface area contributed by atoms with Crippen LogP contribution < -0.4 is 0 Å². The third-order valence-electron chi connectivity index (χ3n) is 3.11. The van der Waals surface area contributed by atoms with Crippen molar-refractivity contribution in [2.24, 2.45) is 0 Å². The molecule has 1 fully saturated rings. The van der Waals surface area contributed by atoms with Gasteiger partial charge in [-0.05, 0) is 19.3 Å². The monoisotopic (exact) mass is 194 g/mol. The first-order valence-corrected chi connectivity index (χ1v) is 5.50. The van der Waals surface area contributed by atoms with E-state index < -0.39 is 0 Å². The number of carbonyl (C=O) groups is 1. The van der Waals surface area contributed by atoms with Crippen molar-refractivity contribution >= 4 is 6.29 Å². The van der Waals surface area contributed by atoms with Crippen molar-refractivity contribution < 1.29 is 4.79 Å². The highest BCUT2D eigenvalue weighted by Crippen LogP contribution is 2.20.